The van der Waals surface area contributed by atoms with Crippen LogP contribution in [-0.4, -0.2) is 34.0 Å². The van der Waals surface area contributed by atoms with Gasteiger partial charge in [0.15, 0.2) is 0 Å². The van der Waals surface area contributed by atoms with Crippen LogP contribution in [-0.2, 0) is 0 Å². The number of aromatic carboxylic acids is 1. The van der Waals surface area contributed by atoms with E-state index in [1.807, 2.05) is 11.8 Å². The van der Waals surface area contributed by atoms with Gasteiger partial charge in [0, 0.05) is 22.1 Å². The summed E-state index contributed by atoms with van der Waals surface area (Å²) in [6.07, 6.45) is 2.95. The van der Waals surface area contributed by atoms with E-state index >= 15 is 0 Å². The fraction of sp³-hybridized carbons (Fsp3) is 0.467. The summed E-state index contributed by atoms with van der Waals surface area (Å²) in [5.41, 5.74) is 0.562. The van der Waals surface area contributed by atoms with Crippen LogP contribution < -0.4 is 0 Å². The second-order valence-corrected chi connectivity index (χ2v) is 6.15. The number of nitrogens with zero attached hydrogens (tertiary/aromatic N) is 1. The second-order valence-electron chi connectivity index (χ2n) is 5.23. The molecule has 5 heteroatoms. The van der Waals surface area contributed by atoms with E-state index in [2.05, 4.69) is 22.9 Å². The standard InChI is InChI=1S/C15H18BrNO3/c1-3-13-5-4-9(2)17(13)14(18)10-6-11(15(19)20)8-12(16)7-10/h6-9,13H,3-5H2,1-2H3,(H,19,20). The minimum atomic E-state index is -1.03. The molecule has 2 atom stereocenters. The average Bonchev–Trinajstić information content (AvgIpc) is 2.78. The van der Waals surface area contributed by atoms with Crippen LogP contribution in [0, 0.1) is 0 Å². The molecule has 0 saturated carbocycles. The van der Waals surface area contributed by atoms with E-state index in [-0.39, 0.29) is 23.6 Å². The lowest BCUT2D eigenvalue weighted by Gasteiger charge is -2.28. The van der Waals surface area contributed by atoms with E-state index < -0.39 is 5.97 Å². The first-order valence-corrected chi connectivity index (χ1v) is 7.60. The largest absolute Gasteiger partial charge is 0.478 e. The number of carbonyl (C=O) groups is 2. The molecule has 108 valence electrons. The Labute approximate surface area is 126 Å². The summed E-state index contributed by atoms with van der Waals surface area (Å²) < 4.78 is 0.612. The molecule has 1 aliphatic heterocycles. The van der Waals surface area contributed by atoms with Crippen molar-refractivity contribution in [2.45, 2.75) is 45.2 Å². The number of carboxylic acid groups (broad SMARTS) is 1. The monoisotopic (exact) mass is 339 g/mol. The lowest BCUT2D eigenvalue weighted by atomic mass is 10.1. The third kappa shape index (κ3) is 2.87. The summed E-state index contributed by atoms with van der Waals surface area (Å²) in [7, 11) is 0. The summed E-state index contributed by atoms with van der Waals surface area (Å²) >= 11 is 3.27. The molecular formula is C15H18BrNO3. The highest BCUT2D eigenvalue weighted by atomic mass is 79.9. The van der Waals surface area contributed by atoms with Gasteiger partial charge >= 0.3 is 5.97 Å². The summed E-state index contributed by atoms with van der Waals surface area (Å²) in [5, 5.41) is 9.09. The lowest BCUT2D eigenvalue weighted by molar-refractivity contribution is 0.0676. The normalized spacial score (nSPS) is 22.1. The van der Waals surface area contributed by atoms with Crippen LogP contribution in [0.2, 0.25) is 0 Å². The Bertz CT molecular complexity index is 544. The van der Waals surface area contributed by atoms with Crippen molar-refractivity contribution in [2.75, 3.05) is 0 Å². The molecule has 20 heavy (non-hydrogen) atoms. The predicted octanol–water partition coefficient (Wildman–Crippen LogP) is 3.55. The molecule has 0 spiro atoms. The number of rotatable bonds is 3. The molecule has 2 rings (SSSR count). The number of benzene rings is 1. The molecular weight excluding hydrogens is 322 g/mol. The zero-order valence-electron chi connectivity index (χ0n) is 11.6. The summed E-state index contributed by atoms with van der Waals surface area (Å²) in [6.45, 7) is 4.12. The Balaban J connectivity index is 2.35. The predicted molar refractivity (Wildman–Crippen MR) is 80.0 cm³/mol. The molecule has 1 N–H and O–H groups in total. The van der Waals surface area contributed by atoms with Gasteiger partial charge in [-0.3, -0.25) is 4.79 Å². The van der Waals surface area contributed by atoms with Gasteiger partial charge in [-0.15, -0.1) is 0 Å². The van der Waals surface area contributed by atoms with Gasteiger partial charge in [-0.25, -0.2) is 4.79 Å². The zero-order valence-corrected chi connectivity index (χ0v) is 13.2. The first-order valence-electron chi connectivity index (χ1n) is 6.80. The van der Waals surface area contributed by atoms with Gasteiger partial charge in [0.1, 0.15) is 0 Å². The van der Waals surface area contributed by atoms with Crippen molar-refractivity contribution in [3.05, 3.63) is 33.8 Å². The topological polar surface area (TPSA) is 57.6 Å². The highest BCUT2D eigenvalue weighted by molar-refractivity contribution is 9.10. The van der Waals surface area contributed by atoms with Gasteiger partial charge in [-0.1, -0.05) is 22.9 Å². The number of amides is 1. The van der Waals surface area contributed by atoms with Crippen LogP contribution in [0.1, 0.15) is 53.8 Å². The van der Waals surface area contributed by atoms with Crippen LogP contribution in [0.15, 0.2) is 22.7 Å². The Kier molecular flexibility index (Phi) is 4.48. The van der Waals surface area contributed by atoms with Crippen molar-refractivity contribution in [3.63, 3.8) is 0 Å². The van der Waals surface area contributed by atoms with E-state index in [1.54, 1.807) is 6.07 Å². The summed E-state index contributed by atoms with van der Waals surface area (Å²) in [5.74, 6) is -1.10. The van der Waals surface area contributed by atoms with Crippen LogP contribution >= 0.6 is 15.9 Å². The number of hydrogen-bond acceptors (Lipinski definition) is 2. The molecule has 1 aromatic carbocycles. The van der Waals surface area contributed by atoms with Crippen LogP contribution in [0.4, 0.5) is 0 Å². The van der Waals surface area contributed by atoms with E-state index in [4.69, 9.17) is 5.11 Å². The molecule has 1 saturated heterocycles. The molecule has 1 aromatic rings. The summed E-state index contributed by atoms with van der Waals surface area (Å²) in [4.78, 5) is 25.7. The molecule has 0 radical (unpaired) electrons. The Morgan fingerprint density at radius 3 is 2.55 bits per heavy atom. The number of carboxylic acids is 1. The van der Waals surface area contributed by atoms with Gasteiger partial charge in [-0.05, 0) is 44.4 Å². The molecule has 4 nitrogen and oxygen atoms in total. The zero-order chi connectivity index (χ0) is 14.9. The lowest BCUT2D eigenvalue weighted by Crippen LogP contribution is -2.39. The molecule has 0 aromatic heterocycles. The van der Waals surface area contributed by atoms with E-state index in [1.165, 1.54) is 12.1 Å². The third-order valence-electron chi connectivity index (χ3n) is 3.88. The third-order valence-corrected chi connectivity index (χ3v) is 4.34. The molecule has 1 fully saturated rings. The molecule has 0 bridgehead atoms. The highest BCUT2D eigenvalue weighted by Crippen LogP contribution is 2.28. The molecule has 1 heterocycles. The van der Waals surface area contributed by atoms with Crippen LogP contribution in [0.5, 0.6) is 0 Å². The van der Waals surface area contributed by atoms with Crippen molar-refractivity contribution < 1.29 is 14.7 Å². The average molecular weight is 340 g/mol. The number of halogens is 1. The Hall–Kier alpha value is -1.36. The fourth-order valence-corrected chi connectivity index (χ4v) is 3.32. The maximum Gasteiger partial charge on any atom is 0.335 e. The maximum atomic E-state index is 12.7. The highest BCUT2D eigenvalue weighted by Gasteiger charge is 2.33. The van der Waals surface area contributed by atoms with E-state index in [0.29, 0.717) is 10.0 Å². The molecule has 0 aliphatic carbocycles. The van der Waals surface area contributed by atoms with Crippen molar-refractivity contribution >= 4 is 27.8 Å². The number of hydrogen-bond donors (Lipinski definition) is 1. The SMILES string of the molecule is CCC1CCC(C)N1C(=O)c1cc(Br)cc(C(=O)O)c1. The van der Waals surface area contributed by atoms with Crippen molar-refractivity contribution in [3.8, 4) is 0 Å². The van der Waals surface area contributed by atoms with Crippen molar-refractivity contribution in [2.24, 2.45) is 0 Å². The van der Waals surface area contributed by atoms with Gasteiger partial charge in [0.2, 0.25) is 0 Å². The number of carbonyl (C=O) groups excluding carboxylic acids is 1. The van der Waals surface area contributed by atoms with E-state index in [0.717, 1.165) is 19.3 Å². The Morgan fingerprint density at radius 2 is 1.95 bits per heavy atom. The van der Waals surface area contributed by atoms with Crippen molar-refractivity contribution in [1.82, 2.24) is 4.90 Å². The first kappa shape index (κ1) is 15.0. The fourth-order valence-electron chi connectivity index (χ4n) is 2.82. The van der Waals surface area contributed by atoms with Gasteiger partial charge < -0.3 is 10.0 Å². The van der Waals surface area contributed by atoms with E-state index in [9.17, 15) is 9.59 Å². The maximum absolute atomic E-state index is 12.7. The minimum Gasteiger partial charge on any atom is -0.478 e. The smallest absolute Gasteiger partial charge is 0.335 e. The summed E-state index contributed by atoms with van der Waals surface area (Å²) in [6, 6.07) is 5.10. The van der Waals surface area contributed by atoms with Crippen LogP contribution in [0.3, 0.4) is 0 Å². The van der Waals surface area contributed by atoms with Crippen molar-refractivity contribution in [1.29, 1.82) is 0 Å². The Morgan fingerprint density at radius 1 is 1.30 bits per heavy atom. The van der Waals surface area contributed by atoms with Gasteiger partial charge in [-0.2, -0.15) is 0 Å². The molecule has 1 amide bonds. The van der Waals surface area contributed by atoms with Gasteiger partial charge in [0.05, 0.1) is 5.56 Å². The second kappa shape index (κ2) is 5.95. The van der Waals surface area contributed by atoms with Gasteiger partial charge in [0.25, 0.3) is 5.91 Å². The minimum absolute atomic E-state index is 0.0781. The quantitative estimate of drug-likeness (QED) is 0.915. The first-order chi connectivity index (χ1) is 9.43. The van der Waals surface area contributed by atoms with Crippen LogP contribution in [0.25, 0.3) is 0 Å². The number of likely N-dealkylation sites (tertiary alicyclic amines) is 1. The molecule has 2 unspecified atom stereocenters. The molecule has 1 aliphatic rings.